The lowest BCUT2D eigenvalue weighted by Crippen LogP contribution is -2.25. The molecule has 1 N–H and O–H groups in total. The van der Waals surface area contributed by atoms with E-state index in [-0.39, 0.29) is 5.56 Å². The van der Waals surface area contributed by atoms with E-state index in [1.54, 1.807) is 12.1 Å². The fraction of sp³-hybridized carbons (Fsp3) is 0.357. The summed E-state index contributed by atoms with van der Waals surface area (Å²) in [5.41, 5.74) is 1.12. The molecule has 0 heterocycles. The number of sulfonamides is 1. The first-order valence-corrected chi connectivity index (χ1v) is 8.12. The van der Waals surface area contributed by atoms with Gasteiger partial charge in [0.2, 0.25) is 10.0 Å². The topological polar surface area (TPSA) is 74.7 Å². The Morgan fingerprint density at radius 2 is 2.00 bits per heavy atom. The highest BCUT2D eigenvalue weighted by Crippen LogP contribution is 2.31. The van der Waals surface area contributed by atoms with Crippen LogP contribution in [0.5, 0.6) is 0 Å². The standard InChI is InChI=1S/C14H17NO4S/c1-15(20(2,18)19)13-8-11(6-5-10-3-4-10)7-12(9-13)14(16)17/h5-10H,3-4H2,1-2H3,(H,16,17)/b6-5+. The van der Waals surface area contributed by atoms with Crippen LogP contribution in [0.25, 0.3) is 6.08 Å². The van der Waals surface area contributed by atoms with E-state index in [0.29, 0.717) is 17.2 Å². The molecule has 2 rings (SSSR count). The lowest BCUT2D eigenvalue weighted by molar-refractivity contribution is 0.0697. The van der Waals surface area contributed by atoms with Crippen molar-refractivity contribution in [1.29, 1.82) is 0 Å². The predicted molar refractivity (Wildman–Crippen MR) is 78.4 cm³/mol. The Bertz CT molecular complexity index is 660. The quantitative estimate of drug-likeness (QED) is 0.903. The van der Waals surface area contributed by atoms with Gasteiger partial charge in [-0.1, -0.05) is 12.2 Å². The molecule has 0 radical (unpaired) electrons. The molecule has 108 valence electrons. The van der Waals surface area contributed by atoms with Gasteiger partial charge in [-0.15, -0.1) is 0 Å². The maximum absolute atomic E-state index is 11.6. The smallest absolute Gasteiger partial charge is 0.335 e. The second-order valence-electron chi connectivity index (χ2n) is 5.05. The average Bonchev–Trinajstić information content (AvgIpc) is 3.18. The molecule has 0 atom stereocenters. The number of hydrogen-bond donors (Lipinski definition) is 1. The summed E-state index contributed by atoms with van der Waals surface area (Å²) >= 11 is 0. The van der Waals surface area contributed by atoms with Crippen LogP contribution in [0.1, 0.15) is 28.8 Å². The van der Waals surface area contributed by atoms with Crippen LogP contribution in [0.2, 0.25) is 0 Å². The summed E-state index contributed by atoms with van der Waals surface area (Å²) in [7, 11) is -2.01. The molecule has 20 heavy (non-hydrogen) atoms. The van der Waals surface area contributed by atoms with Crippen molar-refractivity contribution >= 4 is 27.8 Å². The third kappa shape index (κ3) is 3.60. The van der Waals surface area contributed by atoms with Gasteiger partial charge in [-0.05, 0) is 42.5 Å². The normalized spacial score (nSPS) is 15.5. The van der Waals surface area contributed by atoms with Gasteiger partial charge >= 0.3 is 5.97 Å². The second-order valence-corrected chi connectivity index (χ2v) is 7.06. The second kappa shape index (κ2) is 5.28. The van der Waals surface area contributed by atoms with Crippen LogP contribution in [-0.4, -0.2) is 32.8 Å². The predicted octanol–water partition coefficient (Wildman–Crippen LogP) is 2.20. The average molecular weight is 295 g/mol. The molecule has 0 aliphatic heterocycles. The van der Waals surface area contributed by atoms with Gasteiger partial charge in [-0.25, -0.2) is 13.2 Å². The van der Waals surface area contributed by atoms with Crippen molar-refractivity contribution in [2.45, 2.75) is 12.8 Å². The maximum Gasteiger partial charge on any atom is 0.335 e. The number of anilines is 1. The molecule has 1 aliphatic carbocycles. The van der Waals surface area contributed by atoms with Crippen molar-refractivity contribution in [2.75, 3.05) is 17.6 Å². The van der Waals surface area contributed by atoms with Gasteiger partial charge in [0.15, 0.2) is 0 Å². The molecule has 0 spiro atoms. The van der Waals surface area contributed by atoms with Crippen molar-refractivity contribution in [3.8, 4) is 0 Å². The van der Waals surface area contributed by atoms with Crippen LogP contribution < -0.4 is 4.31 Å². The highest BCUT2D eigenvalue weighted by Gasteiger charge is 2.18. The highest BCUT2D eigenvalue weighted by atomic mass is 32.2. The molecule has 0 unspecified atom stereocenters. The Labute approximate surface area is 118 Å². The molecule has 1 aromatic rings. The van der Waals surface area contributed by atoms with Crippen molar-refractivity contribution < 1.29 is 18.3 Å². The molecule has 6 heteroatoms. The molecule has 0 amide bonds. The van der Waals surface area contributed by atoms with Crippen LogP contribution >= 0.6 is 0 Å². The zero-order chi connectivity index (χ0) is 14.9. The van der Waals surface area contributed by atoms with Gasteiger partial charge in [0.05, 0.1) is 17.5 Å². The van der Waals surface area contributed by atoms with Crippen LogP contribution in [0.3, 0.4) is 0 Å². The minimum absolute atomic E-state index is 0.0773. The van der Waals surface area contributed by atoms with Crippen molar-refractivity contribution in [1.82, 2.24) is 0 Å². The number of carboxylic acids is 1. The lowest BCUT2D eigenvalue weighted by Gasteiger charge is -2.17. The molecule has 0 saturated heterocycles. The van der Waals surface area contributed by atoms with Gasteiger partial charge in [0.1, 0.15) is 0 Å². The Morgan fingerprint density at radius 3 is 2.50 bits per heavy atom. The molecule has 1 aliphatic rings. The van der Waals surface area contributed by atoms with E-state index in [0.717, 1.165) is 23.4 Å². The van der Waals surface area contributed by atoms with E-state index in [9.17, 15) is 13.2 Å². The molecular formula is C14H17NO4S. The van der Waals surface area contributed by atoms with Crippen molar-refractivity contribution in [3.63, 3.8) is 0 Å². The van der Waals surface area contributed by atoms with E-state index in [4.69, 9.17) is 5.11 Å². The summed E-state index contributed by atoms with van der Waals surface area (Å²) in [4.78, 5) is 11.1. The van der Waals surface area contributed by atoms with Gasteiger partial charge in [0, 0.05) is 7.05 Å². The number of carboxylic acid groups (broad SMARTS) is 1. The third-order valence-corrected chi connectivity index (χ3v) is 4.44. The Morgan fingerprint density at radius 1 is 1.35 bits per heavy atom. The Kier molecular flexibility index (Phi) is 3.85. The number of benzene rings is 1. The fourth-order valence-corrected chi connectivity index (χ4v) is 2.25. The van der Waals surface area contributed by atoms with Crippen LogP contribution in [0, 0.1) is 5.92 Å². The summed E-state index contributed by atoms with van der Waals surface area (Å²) < 4.78 is 24.2. The van der Waals surface area contributed by atoms with E-state index in [1.807, 2.05) is 12.2 Å². The third-order valence-electron chi connectivity index (χ3n) is 3.23. The van der Waals surface area contributed by atoms with Crippen molar-refractivity contribution in [3.05, 3.63) is 35.4 Å². The van der Waals surface area contributed by atoms with Crippen LogP contribution in [0.15, 0.2) is 24.3 Å². The minimum Gasteiger partial charge on any atom is -0.478 e. The molecule has 1 aromatic carbocycles. The SMILES string of the molecule is CN(c1cc(/C=C/C2CC2)cc(C(=O)O)c1)S(C)(=O)=O. The van der Waals surface area contributed by atoms with E-state index in [2.05, 4.69) is 0 Å². The lowest BCUT2D eigenvalue weighted by atomic mass is 10.1. The highest BCUT2D eigenvalue weighted by molar-refractivity contribution is 7.92. The monoisotopic (exact) mass is 295 g/mol. The summed E-state index contributed by atoms with van der Waals surface area (Å²) in [6.07, 6.45) is 7.28. The number of nitrogens with zero attached hydrogens (tertiary/aromatic N) is 1. The molecule has 5 nitrogen and oxygen atoms in total. The number of allylic oxidation sites excluding steroid dienone is 1. The van der Waals surface area contributed by atoms with Gasteiger partial charge in [0.25, 0.3) is 0 Å². The minimum atomic E-state index is -3.42. The first kappa shape index (κ1) is 14.6. The Hall–Kier alpha value is -1.82. The number of rotatable bonds is 5. The molecule has 1 fully saturated rings. The van der Waals surface area contributed by atoms with E-state index >= 15 is 0 Å². The van der Waals surface area contributed by atoms with E-state index < -0.39 is 16.0 Å². The van der Waals surface area contributed by atoms with Gasteiger partial charge in [-0.2, -0.15) is 0 Å². The number of aromatic carboxylic acids is 1. The molecular weight excluding hydrogens is 278 g/mol. The molecule has 0 aromatic heterocycles. The number of hydrogen-bond acceptors (Lipinski definition) is 3. The summed E-state index contributed by atoms with van der Waals surface area (Å²) in [5.74, 6) is -0.505. The summed E-state index contributed by atoms with van der Waals surface area (Å²) in [5, 5.41) is 9.12. The largest absolute Gasteiger partial charge is 0.478 e. The van der Waals surface area contributed by atoms with Crippen molar-refractivity contribution in [2.24, 2.45) is 5.92 Å². The maximum atomic E-state index is 11.6. The van der Waals surface area contributed by atoms with Crippen LogP contribution in [-0.2, 0) is 10.0 Å². The zero-order valence-electron chi connectivity index (χ0n) is 11.4. The van der Waals surface area contributed by atoms with Gasteiger partial charge in [-0.3, -0.25) is 4.31 Å². The summed E-state index contributed by atoms with van der Waals surface area (Å²) in [6, 6.07) is 4.57. The summed E-state index contributed by atoms with van der Waals surface area (Å²) in [6.45, 7) is 0. The zero-order valence-corrected chi connectivity index (χ0v) is 12.2. The molecule has 0 bridgehead atoms. The molecule has 1 saturated carbocycles. The fourth-order valence-electron chi connectivity index (χ4n) is 1.76. The van der Waals surface area contributed by atoms with E-state index in [1.165, 1.54) is 13.1 Å². The first-order chi connectivity index (χ1) is 9.27. The Balaban J connectivity index is 2.42. The van der Waals surface area contributed by atoms with Crippen LogP contribution in [0.4, 0.5) is 5.69 Å². The first-order valence-electron chi connectivity index (χ1n) is 6.28. The number of carbonyl (C=O) groups is 1. The van der Waals surface area contributed by atoms with Gasteiger partial charge < -0.3 is 5.11 Å².